The molecular formula is C25H21NO5. The van der Waals surface area contributed by atoms with Crippen LogP contribution in [0.5, 0.6) is 11.5 Å². The Morgan fingerprint density at radius 2 is 1.65 bits per heavy atom. The standard InChI is InChI=1S/C25H21NO5/c1-12-7-19(27)17-6-5-16(13(2)24(17)26-12)23-18-10-21(30-4)20(29-3)9-14(18)8-15-11-31-25(28)22(15)23/h5-10H,11H2,1-4H3,(H,26,27). The van der Waals surface area contributed by atoms with Gasteiger partial charge < -0.3 is 19.2 Å². The Hall–Kier alpha value is -3.80. The van der Waals surface area contributed by atoms with E-state index in [1.54, 1.807) is 20.3 Å². The molecule has 1 aliphatic rings. The van der Waals surface area contributed by atoms with Gasteiger partial charge in [-0.2, -0.15) is 0 Å². The summed E-state index contributed by atoms with van der Waals surface area (Å²) in [6.45, 7) is 4.05. The van der Waals surface area contributed by atoms with Gasteiger partial charge in [0.1, 0.15) is 6.61 Å². The average molecular weight is 415 g/mol. The van der Waals surface area contributed by atoms with E-state index in [1.165, 1.54) is 0 Å². The van der Waals surface area contributed by atoms with Crippen LogP contribution in [0, 0.1) is 13.8 Å². The van der Waals surface area contributed by atoms with Crippen molar-refractivity contribution in [2.75, 3.05) is 14.2 Å². The predicted molar refractivity (Wildman–Crippen MR) is 119 cm³/mol. The molecule has 0 unspecified atom stereocenters. The van der Waals surface area contributed by atoms with E-state index in [9.17, 15) is 9.59 Å². The fourth-order valence-electron chi connectivity index (χ4n) is 4.48. The molecule has 6 heteroatoms. The lowest BCUT2D eigenvalue weighted by Crippen LogP contribution is -2.06. The van der Waals surface area contributed by atoms with Crippen LogP contribution in [0.15, 0.2) is 41.2 Å². The van der Waals surface area contributed by atoms with Crippen LogP contribution >= 0.6 is 0 Å². The Bertz CT molecular complexity index is 1470. The summed E-state index contributed by atoms with van der Waals surface area (Å²) in [5, 5.41) is 2.39. The van der Waals surface area contributed by atoms with E-state index in [-0.39, 0.29) is 18.0 Å². The first kappa shape index (κ1) is 19.2. The number of hydrogen-bond acceptors (Lipinski definition) is 5. The van der Waals surface area contributed by atoms with Crippen LogP contribution in [-0.4, -0.2) is 25.2 Å². The molecule has 0 bridgehead atoms. The van der Waals surface area contributed by atoms with Gasteiger partial charge in [0.25, 0.3) is 0 Å². The Morgan fingerprint density at radius 3 is 2.39 bits per heavy atom. The minimum Gasteiger partial charge on any atom is -0.493 e. The lowest BCUT2D eigenvalue weighted by molar-refractivity contribution is 0.0535. The molecule has 6 nitrogen and oxygen atoms in total. The molecule has 2 heterocycles. The second-order valence-electron chi connectivity index (χ2n) is 7.77. The fourth-order valence-corrected chi connectivity index (χ4v) is 4.48. The maximum atomic E-state index is 12.7. The number of ether oxygens (including phenoxy) is 3. The van der Waals surface area contributed by atoms with E-state index in [1.807, 2.05) is 44.2 Å². The quantitative estimate of drug-likeness (QED) is 0.493. The van der Waals surface area contributed by atoms with Gasteiger partial charge in [-0.05, 0) is 60.0 Å². The number of carbonyl (C=O) groups excluding carboxylic acids is 1. The maximum Gasteiger partial charge on any atom is 0.339 e. The number of esters is 1. The van der Waals surface area contributed by atoms with Crippen molar-refractivity contribution in [2.24, 2.45) is 0 Å². The van der Waals surface area contributed by atoms with Gasteiger partial charge in [0.05, 0.1) is 25.3 Å². The van der Waals surface area contributed by atoms with Crippen molar-refractivity contribution in [1.29, 1.82) is 0 Å². The highest BCUT2D eigenvalue weighted by Gasteiger charge is 2.29. The van der Waals surface area contributed by atoms with Crippen molar-refractivity contribution in [1.82, 2.24) is 4.98 Å². The summed E-state index contributed by atoms with van der Waals surface area (Å²) in [7, 11) is 3.18. The zero-order chi connectivity index (χ0) is 21.9. The van der Waals surface area contributed by atoms with Gasteiger partial charge in [-0.25, -0.2) is 4.79 Å². The molecule has 1 aromatic heterocycles. The molecule has 4 aromatic rings. The lowest BCUT2D eigenvalue weighted by Gasteiger charge is -2.17. The highest BCUT2D eigenvalue weighted by molar-refractivity contribution is 6.12. The van der Waals surface area contributed by atoms with Gasteiger partial charge in [0.2, 0.25) is 0 Å². The molecule has 31 heavy (non-hydrogen) atoms. The molecule has 0 spiro atoms. The van der Waals surface area contributed by atoms with Crippen molar-refractivity contribution < 1.29 is 19.0 Å². The molecule has 156 valence electrons. The van der Waals surface area contributed by atoms with Crippen LogP contribution in [0.1, 0.15) is 27.2 Å². The van der Waals surface area contributed by atoms with E-state index in [4.69, 9.17) is 14.2 Å². The molecule has 3 aromatic carbocycles. The summed E-state index contributed by atoms with van der Waals surface area (Å²) in [6.07, 6.45) is 0. The minimum atomic E-state index is -0.348. The number of aromatic nitrogens is 1. The van der Waals surface area contributed by atoms with Crippen molar-refractivity contribution in [2.45, 2.75) is 20.5 Å². The number of pyridine rings is 1. The number of benzene rings is 3. The van der Waals surface area contributed by atoms with Crippen molar-refractivity contribution in [3.8, 4) is 22.6 Å². The van der Waals surface area contributed by atoms with Crippen LogP contribution in [0.4, 0.5) is 0 Å². The maximum absolute atomic E-state index is 12.7. The average Bonchev–Trinajstić information content (AvgIpc) is 3.12. The Labute approximate surface area is 178 Å². The molecule has 1 aliphatic heterocycles. The first-order valence-corrected chi connectivity index (χ1v) is 9.95. The summed E-state index contributed by atoms with van der Waals surface area (Å²) in [6, 6.07) is 11.1. The highest BCUT2D eigenvalue weighted by atomic mass is 16.5. The highest BCUT2D eigenvalue weighted by Crippen LogP contribution is 2.43. The summed E-state index contributed by atoms with van der Waals surface area (Å²) in [5.74, 6) is 0.838. The number of rotatable bonds is 3. The van der Waals surface area contributed by atoms with Crippen LogP contribution in [0.2, 0.25) is 0 Å². The van der Waals surface area contributed by atoms with Gasteiger partial charge in [0.15, 0.2) is 16.9 Å². The molecule has 5 rings (SSSR count). The summed E-state index contributed by atoms with van der Waals surface area (Å²) >= 11 is 0. The number of fused-ring (bicyclic) bond motifs is 3. The monoisotopic (exact) mass is 415 g/mol. The first-order chi connectivity index (χ1) is 14.9. The minimum absolute atomic E-state index is 0.0325. The molecule has 0 amide bonds. The molecule has 1 N–H and O–H groups in total. The van der Waals surface area contributed by atoms with Gasteiger partial charge >= 0.3 is 5.97 Å². The van der Waals surface area contributed by atoms with E-state index in [0.29, 0.717) is 22.4 Å². The fraction of sp³-hybridized carbons (Fsp3) is 0.200. The third kappa shape index (κ3) is 2.79. The van der Waals surface area contributed by atoms with E-state index >= 15 is 0 Å². The van der Waals surface area contributed by atoms with Crippen molar-refractivity contribution in [3.05, 3.63) is 69.0 Å². The largest absolute Gasteiger partial charge is 0.493 e. The van der Waals surface area contributed by atoms with Crippen LogP contribution in [-0.2, 0) is 11.3 Å². The lowest BCUT2D eigenvalue weighted by atomic mass is 9.87. The van der Waals surface area contributed by atoms with Gasteiger partial charge in [-0.15, -0.1) is 0 Å². The zero-order valence-corrected chi connectivity index (χ0v) is 17.7. The van der Waals surface area contributed by atoms with Crippen LogP contribution in [0.25, 0.3) is 32.8 Å². The Balaban J connectivity index is 1.94. The Morgan fingerprint density at radius 1 is 0.903 bits per heavy atom. The zero-order valence-electron chi connectivity index (χ0n) is 17.7. The van der Waals surface area contributed by atoms with Crippen molar-refractivity contribution in [3.63, 3.8) is 0 Å². The third-order valence-electron chi connectivity index (χ3n) is 5.96. The molecule has 0 fully saturated rings. The van der Waals surface area contributed by atoms with E-state index < -0.39 is 0 Å². The Kier molecular flexibility index (Phi) is 4.25. The number of aryl methyl sites for hydroxylation is 2. The topological polar surface area (TPSA) is 77.6 Å². The molecule has 0 saturated heterocycles. The molecule has 0 radical (unpaired) electrons. The molecule has 0 atom stereocenters. The third-order valence-corrected chi connectivity index (χ3v) is 5.96. The number of nitrogens with one attached hydrogen (secondary N) is 1. The predicted octanol–water partition coefficient (Wildman–Crippen LogP) is 4.65. The number of carbonyl (C=O) groups is 1. The van der Waals surface area contributed by atoms with Crippen molar-refractivity contribution >= 4 is 27.6 Å². The molecular weight excluding hydrogens is 394 g/mol. The summed E-state index contributed by atoms with van der Waals surface area (Å²) < 4.78 is 16.4. The number of cyclic esters (lactones) is 1. The first-order valence-electron chi connectivity index (χ1n) is 9.95. The smallest absolute Gasteiger partial charge is 0.339 e. The van der Waals surface area contributed by atoms with Crippen LogP contribution in [0.3, 0.4) is 0 Å². The second kappa shape index (κ2) is 6.87. The summed E-state index contributed by atoms with van der Waals surface area (Å²) in [5.41, 5.74) is 5.43. The van der Waals surface area contributed by atoms with Gasteiger partial charge in [-0.3, -0.25) is 4.79 Å². The number of methoxy groups -OCH3 is 2. The van der Waals surface area contributed by atoms with Gasteiger partial charge in [-0.1, -0.05) is 6.07 Å². The van der Waals surface area contributed by atoms with Gasteiger partial charge in [0, 0.05) is 28.3 Å². The summed E-state index contributed by atoms with van der Waals surface area (Å²) in [4.78, 5) is 28.5. The molecule has 0 aliphatic carbocycles. The number of hydrogen-bond donors (Lipinski definition) is 1. The SMILES string of the molecule is COc1cc2cc3c(c(-c4ccc5c(=O)cc(C)[nH]c5c4C)c2cc1OC)C(=O)OC3. The van der Waals surface area contributed by atoms with E-state index in [2.05, 4.69) is 4.98 Å². The normalized spacial score (nSPS) is 12.8. The van der Waals surface area contributed by atoms with E-state index in [0.717, 1.165) is 44.2 Å². The van der Waals surface area contributed by atoms with Crippen LogP contribution < -0.4 is 14.9 Å². The number of aromatic amines is 1. The molecule has 0 saturated carbocycles. The number of H-pyrrole nitrogens is 1. The second-order valence-corrected chi connectivity index (χ2v) is 7.77.